The molecule has 0 unspecified atom stereocenters. The third-order valence-corrected chi connectivity index (χ3v) is 4.81. The maximum Gasteiger partial charge on any atom is 0.135 e. The van der Waals surface area contributed by atoms with Crippen molar-refractivity contribution in [3.63, 3.8) is 0 Å². The fraction of sp³-hybridized carbons (Fsp3) is 0. The number of hydrogen-bond donors (Lipinski definition) is 0. The summed E-state index contributed by atoms with van der Waals surface area (Å²) in [5.74, 6) is 1.62. The summed E-state index contributed by atoms with van der Waals surface area (Å²) in [5.41, 5.74) is 2.12. The Morgan fingerprint density at radius 3 is 2.23 bits per heavy atom. The molecule has 0 heterocycles. The van der Waals surface area contributed by atoms with E-state index in [1.54, 1.807) is 0 Å². The summed E-state index contributed by atoms with van der Waals surface area (Å²) in [6.07, 6.45) is 0. The van der Waals surface area contributed by atoms with E-state index in [9.17, 15) is 0 Å². The van der Waals surface area contributed by atoms with Crippen LogP contribution < -0.4 is 4.74 Å². The topological polar surface area (TPSA) is 9.23 Å². The molecule has 0 bridgehead atoms. The lowest BCUT2D eigenvalue weighted by Crippen LogP contribution is -1.89. The fourth-order valence-electron chi connectivity index (χ4n) is 2.14. The first-order valence-corrected chi connectivity index (χ1v) is 8.99. The number of benzene rings is 3. The van der Waals surface area contributed by atoms with Crippen LogP contribution in [0.1, 0.15) is 0 Å². The predicted molar refractivity (Wildman–Crippen MR) is 101 cm³/mol. The second-order valence-electron chi connectivity index (χ2n) is 4.68. The molecule has 0 saturated heterocycles. The SMILES string of the molecule is Brc1cccc(Oc2ccccc2-c2cc(Br)ccc2Br)c1. The van der Waals surface area contributed by atoms with Gasteiger partial charge in [-0.1, -0.05) is 72.1 Å². The molecule has 110 valence electrons. The molecule has 0 spiro atoms. The van der Waals surface area contributed by atoms with Gasteiger partial charge in [0.2, 0.25) is 0 Å². The minimum absolute atomic E-state index is 0.799. The van der Waals surface area contributed by atoms with E-state index in [0.717, 1.165) is 36.0 Å². The van der Waals surface area contributed by atoms with Crippen LogP contribution in [0.15, 0.2) is 80.1 Å². The van der Waals surface area contributed by atoms with Gasteiger partial charge in [0, 0.05) is 24.5 Å². The Kier molecular flexibility index (Phi) is 5.01. The molecule has 0 atom stereocenters. The van der Waals surface area contributed by atoms with Gasteiger partial charge in [-0.25, -0.2) is 0 Å². The summed E-state index contributed by atoms with van der Waals surface area (Å²) >= 11 is 10.6. The summed E-state index contributed by atoms with van der Waals surface area (Å²) < 4.78 is 9.12. The Morgan fingerprint density at radius 1 is 0.636 bits per heavy atom. The molecule has 3 rings (SSSR count). The summed E-state index contributed by atoms with van der Waals surface area (Å²) in [7, 11) is 0. The maximum absolute atomic E-state index is 6.07. The zero-order valence-electron chi connectivity index (χ0n) is 11.4. The third-order valence-electron chi connectivity index (χ3n) is 3.13. The molecule has 0 N–H and O–H groups in total. The van der Waals surface area contributed by atoms with Crippen molar-refractivity contribution in [2.45, 2.75) is 0 Å². The highest BCUT2D eigenvalue weighted by atomic mass is 79.9. The van der Waals surface area contributed by atoms with Gasteiger partial charge in [0.1, 0.15) is 11.5 Å². The van der Waals surface area contributed by atoms with Crippen molar-refractivity contribution in [1.82, 2.24) is 0 Å². The average Bonchev–Trinajstić information content (AvgIpc) is 2.50. The van der Waals surface area contributed by atoms with Gasteiger partial charge in [-0.2, -0.15) is 0 Å². The molecule has 4 heteroatoms. The zero-order valence-corrected chi connectivity index (χ0v) is 16.2. The Bertz CT molecular complexity index is 815. The molecule has 0 amide bonds. The monoisotopic (exact) mass is 480 g/mol. The second-order valence-corrected chi connectivity index (χ2v) is 7.37. The Hall–Kier alpha value is -1.10. The van der Waals surface area contributed by atoms with Gasteiger partial charge in [-0.15, -0.1) is 0 Å². The van der Waals surface area contributed by atoms with Gasteiger partial charge in [0.15, 0.2) is 0 Å². The molecule has 22 heavy (non-hydrogen) atoms. The summed E-state index contributed by atoms with van der Waals surface area (Å²) in [5, 5.41) is 0. The van der Waals surface area contributed by atoms with Gasteiger partial charge in [-0.3, -0.25) is 0 Å². The fourth-order valence-corrected chi connectivity index (χ4v) is 3.34. The van der Waals surface area contributed by atoms with Gasteiger partial charge in [0.05, 0.1) is 0 Å². The maximum atomic E-state index is 6.07. The van der Waals surface area contributed by atoms with Gasteiger partial charge in [0.25, 0.3) is 0 Å². The molecule has 0 fully saturated rings. The van der Waals surface area contributed by atoms with E-state index in [4.69, 9.17) is 4.74 Å². The number of rotatable bonds is 3. The molecular formula is C18H11Br3O. The smallest absolute Gasteiger partial charge is 0.135 e. The van der Waals surface area contributed by atoms with E-state index in [1.807, 2.05) is 54.6 Å². The Labute approximate surface area is 154 Å². The van der Waals surface area contributed by atoms with E-state index in [0.29, 0.717) is 0 Å². The normalized spacial score (nSPS) is 10.5. The van der Waals surface area contributed by atoms with Crippen molar-refractivity contribution in [3.05, 3.63) is 80.1 Å². The third kappa shape index (κ3) is 3.62. The minimum atomic E-state index is 0.799. The lowest BCUT2D eigenvalue weighted by Gasteiger charge is -2.13. The molecule has 1 nitrogen and oxygen atoms in total. The van der Waals surface area contributed by atoms with Crippen LogP contribution in [0.4, 0.5) is 0 Å². The van der Waals surface area contributed by atoms with Crippen molar-refractivity contribution in [2.24, 2.45) is 0 Å². The highest BCUT2D eigenvalue weighted by molar-refractivity contribution is 9.11. The highest BCUT2D eigenvalue weighted by Gasteiger charge is 2.10. The molecule has 0 saturated carbocycles. The Balaban J connectivity index is 2.05. The van der Waals surface area contributed by atoms with Crippen molar-refractivity contribution in [2.75, 3.05) is 0 Å². The van der Waals surface area contributed by atoms with Gasteiger partial charge < -0.3 is 4.74 Å². The zero-order chi connectivity index (χ0) is 15.5. The standard InChI is InChI=1S/C18H11Br3O/c19-12-4-3-5-14(10-12)22-18-7-2-1-6-15(18)16-11-13(20)8-9-17(16)21/h1-11H. The molecule has 0 aromatic heterocycles. The number of halogens is 3. The lowest BCUT2D eigenvalue weighted by atomic mass is 10.0. The number of ether oxygens (including phenoxy) is 1. The summed E-state index contributed by atoms with van der Waals surface area (Å²) in [6, 6.07) is 21.9. The van der Waals surface area contributed by atoms with Crippen molar-refractivity contribution >= 4 is 47.8 Å². The first-order valence-electron chi connectivity index (χ1n) is 6.61. The average molecular weight is 483 g/mol. The highest BCUT2D eigenvalue weighted by Crippen LogP contribution is 2.38. The molecule has 3 aromatic carbocycles. The quantitative estimate of drug-likeness (QED) is 0.377. The molecule has 0 aliphatic carbocycles. The van der Waals surface area contributed by atoms with E-state index >= 15 is 0 Å². The van der Waals surface area contributed by atoms with Crippen LogP contribution in [-0.2, 0) is 0 Å². The van der Waals surface area contributed by atoms with Gasteiger partial charge in [-0.05, 0) is 42.5 Å². The van der Waals surface area contributed by atoms with Crippen LogP contribution in [0.2, 0.25) is 0 Å². The summed E-state index contributed by atoms with van der Waals surface area (Å²) in [6.45, 7) is 0. The summed E-state index contributed by atoms with van der Waals surface area (Å²) in [4.78, 5) is 0. The van der Waals surface area contributed by atoms with Crippen LogP contribution in [0.5, 0.6) is 11.5 Å². The van der Waals surface area contributed by atoms with Gasteiger partial charge >= 0.3 is 0 Å². The molecule has 0 aliphatic heterocycles. The van der Waals surface area contributed by atoms with E-state index in [2.05, 4.69) is 59.9 Å². The molecule has 3 aromatic rings. The van der Waals surface area contributed by atoms with Crippen LogP contribution in [-0.4, -0.2) is 0 Å². The molecule has 0 radical (unpaired) electrons. The molecular weight excluding hydrogens is 472 g/mol. The van der Waals surface area contributed by atoms with E-state index in [1.165, 1.54) is 0 Å². The lowest BCUT2D eigenvalue weighted by molar-refractivity contribution is 0.484. The predicted octanol–water partition coefficient (Wildman–Crippen LogP) is 7.43. The van der Waals surface area contributed by atoms with E-state index < -0.39 is 0 Å². The van der Waals surface area contributed by atoms with Crippen LogP contribution >= 0.6 is 47.8 Å². The molecule has 0 aliphatic rings. The van der Waals surface area contributed by atoms with Crippen molar-refractivity contribution in [3.8, 4) is 22.6 Å². The number of hydrogen-bond acceptors (Lipinski definition) is 1. The van der Waals surface area contributed by atoms with E-state index in [-0.39, 0.29) is 0 Å². The van der Waals surface area contributed by atoms with Crippen molar-refractivity contribution < 1.29 is 4.74 Å². The minimum Gasteiger partial charge on any atom is -0.457 e. The van der Waals surface area contributed by atoms with Crippen molar-refractivity contribution in [1.29, 1.82) is 0 Å². The van der Waals surface area contributed by atoms with Crippen LogP contribution in [0.3, 0.4) is 0 Å². The van der Waals surface area contributed by atoms with Crippen LogP contribution in [0, 0.1) is 0 Å². The largest absolute Gasteiger partial charge is 0.457 e. The van der Waals surface area contributed by atoms with Crippen LogP contribution in [0.25, 0.3) is 11.1 Å². The Morgan fingerprint density at radius 2 is 1.41 bits per heavy atom. The second kappa shape index (κ2) is 6.99. The number of para-hydroxylation sites is 1. The first kappa shape index (κ1) is 15.8. The first-order chi connectivity index (χ1) is 10.6.